The number of carbonyl (C=O) groups excluding carboxylic acids is 2. The van der Waals surface area contributed by atoms with Gasteiger partial charge in [-0.15, -0.1) is 20.4 Å². The Morgan fingerprint density at radius 1 is 0.698 bits per heavy atom. The van der Waals surface area contributed by atoms with Crippen molar-refractivity contribution in [2.24, 2.45) is 14.1 Å². The van der Waals surface area contributed by atoms with Crippen LogP contribution in [-0.4, -0.2) is 90.5 Å². The summed E-state index contributed by atoms with van der Waals surface area (Å²) in [6.07, 6.45) is 3.32. The quantitative estimate of drug-likeness (QED) is 0.158. The van der Waals surface area contributed by atoms with Crippen LogP contribution >= 0.6 is 34.8 Å². The number of nitrogen functional groups attached to an aromatic ring is 1. The molecule has 0 saturated heterocycles. The molecule has 0 aliphatic rings. The molecule has 18 nitrogen and oxygen atoms in total. The Morgan fingerprint density at radius 3 is 1.72 bits per heavy atom. The van der Waals surface area contributed by atoms with Crippen molar-refractivity contribution in [3.63, 3.8) is 0 Å². The molecule has 0 aliphatic carbocycles. The summed E-state index contributed by atoms with van der Waals surface area (Å²) in [7, 11) is 9.64. The Hall–Kier alpha value is -6.11. The van der Waals surface area contributed by atoms with E-state index in [1.165, 1.54) is 35.8 Å². The van der Waals surface area contributed by atoms with Crippen LogP contribution in [0, 0.1) is 0 Å². The lowest BCUT2D eigenvalue weighted by molar-refractivity contribution is 0.0949. The molecule has 0 saturated carbocycles. The van der Waals surface area contributed by atoms with Crippen LogP contribution in [-0.2, 0) is 14.1 Å². The highest BCUT2D eigenvalue weighted by Gasteiger charge is 2.18. The molecule has 6 rings (SSSR count). The first-order valence-electron chi connectivity index (χ1n) is 15.2. The van der Waals surface area contributed by atoms with Crippen LogP contribution in [0.1, 0.15) is 21.0 Å². The van der Waals surface area contributed by atoms with Gasteiger partial charge < -0.3 is 31.2 Å². The second kappa shape index (κ2) is 18.4. The maximum atomic E-state index is 12.0. The number of halogens is 3. The molecule has 0 spiro atoms. The summed E-state index contributed by atoms with van der Waals surface area (Å²) in [4.78, 5) is 26.0. The zero-order valence-corrected chi connectivity index (χ0v) is 31.4. The van der Waals surface area contributed by atoms with Gasteiger partial charge in [0.2, 0.25) is 0 Å². The Labute approximate surface area is 318 Å². The van der Waals surface area contributed by atoms with Crippen LogP contribution in [0.15, 0.2) is 60.9 Å². The molecular formula is C32H33Cl3N14O4. The lowest BCUT2D eigenvalue weighted by atomic mass is 10.1. The van der Waals surface area contributed by atoms with E-state index in [9.17, 15) is 9.59 Å². The van der Waals surface area contributed by atoms with Crippen LogP contribution in [0.2, 0.25) is 15.3 Å². The Kier molecular flexibility index (Phi) is 13.8. The van der Waals surface area contributed by atoms with Gasteiger partial charge in [0.25, 0.3) is 11.8 Å². The van der Waals surface area contributed by atoms with Gasteiger partial charge in [-0.1, -0.05) is 46.9 Å². The van der Waals surface area contributed by atoms with Gasteiger partial charge in [0.15, 0.2) is 33.2 Å². The highest BCUT2D eigenvalue weighted by molar-refractivity contribution is 6.35. The molecule has 5 N–H and O–H groups in total. The molecule has 0 bridgehead atoms. The van der Waals surface area contributed by atoms with Gasteiger partial charge in [-0.05, 0) is 30.3 Å². The summed E-state index contributed by atoms with van der Waals surface area (Å²) in [5.41, 5.74) is 10.6. The summed E-state index contributed by atoms with van der Waals surface area (Å²) >= 11 is 17.1. The summed E-state index contributed by atoms with van der Waals surface area (Å²) in [6, 6.07) is 13.9. The summed E-state index contributed by atoms with van der Waals surface area (Å²) in [5.74, 6) is 0.409. The lowest BCUT2D eigenvalue weighted by Gasteiger charge is -2.15. The molecule has 0 aliphatic heterocycles. The zero-order chi connectivity index (χ0) is 38.7. The number of amides is 2. The van der Waals surface area contributed by atoms with Gasteiger partial charge in [0, 0.05) is 45.4 Å². The van der Waals surface area contributed by atoms with Crippen molar-refractivity contribution in [3.05, 3.63) is 87.6 Å². The number of aryl methyl sites for hydroxylation is 2. The number of rotatable bonds is 8. The first-order valence-corrected chi connectivity index (χ1v) is 16.3. The number of nitrogens with one attached hydrogen (secondary N) is 3. The standard InChI is InChI=1S/C16H16ClN7O2.C10H12N4O.C6H5Cl2N3O/c1-18-16(25)14-11(7-13(17)21-22-14)20-10-6-4-5-9(15(10)26-3)12-8-19-24(2)23-12;1-14-12-6-9(13-14)7-4-3-5-8(11)10(7)15-2;1-9-6(12)5-3(7)2-4(8)10-11-5/h4-8H,1-3H3,(H,18,25)(H,20,21);3-6H,11H2,1-2H3;2H,1H3,(H,9,12). The van der Waals surface area contributed by atoms with E-state index in [-0.39, 0.29) is 38.5 Å². The van der Waals surface area contributed by atoms with Crippen LogP contribution < -0.4 is 31.2 Å². The first kappa shape index (κ1) is 39.7. The number of nitrogens with two attached hydrogens (primary N) is 1. The fourth-order valence-electron chi connectivity index (χ4n) is 4.49. The third-order valence-electron chi connectivity index (χ3n) is 6.86. The number of aromatic nitrogens is 10. The number of carbonyl (C=O) groups is 2. The highest BCUT2D eigenvalue weighted by atomic mass is 35.5. The molecule has 53 heavy (non-hydrogen) atoms. The zero-order valence-electron chi connectivity index (χ0n) is 29.1. The van der Waals surface area contributed by atoms with Crippen molar-refractivity contribution in [3.8, 4) is 34.0 Å². The van der Waals surface area contributed by atoms with Gasteiger partial charge in [-0.3, -0.25) is 9.59 Å². The first-order chi connectivity index (χ1) is 25.4. The minimum absolute atomic E-state index is 0.0727. The third kappa shape index (κ3) is 10.0. The number of nitrogens with zero attached hydrogens (tertiary/aromatic N) is 10. The largest absolute Gasteiger partial charge is 0.494 e. The Morgan fingerprint density at radius 2 is 1.21 bits per heavy atom. The molecule has 276 valence electrons. The maximum Gasteiger partial charge on any atom is 0.273 e. The third-order valence-corrected chi connectivity index (χ3v) is 7.51. The molecule has 0 radical (unpaired) electrons. The number of para-hydroxylation sites is 2. The molecule has 0 unspecified atom stereocenters. The number of hydrogen-bond acceptors (Lipinski definition) is 14. The van der Waals surface area contributed by atoms with Gasteiger partial charge in [-0.25, -0.2) is 0 Å². The summed E-state index contributed by atoms with van der Waals surface area (Å²) in [5, 5.41) is 39.7. The van der Waals surface area contributed by atoms with E-state index in [1.807, 2.05) is 24.3 Å². The molecular weight excluding hydrogens is 751 g/mol. The molecule has 4 heterocycles. The van der Waals surface area contributed by atoms with E-state index >= 15 is 0 Å². The van der Waals surface area contributed by atoms with E-state index in [0.717, 1.165) is 16.8 Å². The fourth-order valence-corrected chi connectivity index (χ4v) is 5.07. The molecule has 21 heteroatoms. The average Bonchev–Trinajstić information content (AvgIpc) is 3.79. The van der Waals surface area contributed by atoms with Gasteiger partial charge >= 0.3 is 0 Å². The SMILES string of the molecule is CNC(=O)c1nnc(Cl)cc1Cl.CNC(=O)c1nnc(Cl)cc1Nc1cccc(-c2cnn(C)n2)c1OC.COc1c(N)cccc1-c1cnn(C)n1. The fraction of sp³-hybridized carbons (Fsp3) is 0.188. The van der Waals surface area contributed by atoms with Crippen LogP contribution in [0.4, 0.5) is 17.1 Å². The van der Waals surface area contributed by atoms with E-state index in [2.05, 4.69) is 56.7 Å². The van der Waals surface area contributed by atoms with Crippen LogP contribution in [0.5, 0.6) is 11.5 Å². The monoisotopic (exact) mass is 782 g/mol. The second-order valence-electron chi connectivity index (χ2n) is 10.3. The molecule has 6 aromatic rings. The number of hydrogen-bond donors (Lipinski definition) is 4. The van der Waals surface area contributed by atoms with Crippen LogP contribution in [0.3, 0.4) is 0 Å². The number of ether oxygens (including phenoxy) is 2. The van der Waals surface area contributed by atoms with Crippen molar-refractivity contribution in [1.29, 1.82) is 0 Å². The second-order valence-corrected chi connectivity index (χ2v) is 11.5. The van der Waals surface area contributed by atoms with E-state index in [4.69, 9.17) is 50.0 Å². The van der Waals surface area contributed by atoms with Crippen molar-refractivity contribution in [2.75, 3.05) is 39.4 Å². The van der Waals surface area contributed by atoms with Crippen molar-refractivity contribution >= 4 is 63.7 Å². The van der Waals surface area contributed by atoms with E-state index < -0.39 is 0 Å². The predicted molar refractivity (Wildman–Crippen MR) is 200 cm³/mol. The molecule has 4 aromatic heterocycles. The number of methoxy groups -OCH3 is 2. The summed E-state index contributed by atoms with van der Waals surface area (Å²) in [6.45, 7) is 0. The smallest absolute Gasteiger partial charge is 0.273 e. The minimum atomic E-state index is -0.388. The van der Waals surface area contributed by atoms with E-state index in [0.29, 0.717) is 34.3 Å². The molecule has 2 aromatic carbocycles. The summed E-state index contributed by atoms with van der Waals surface area (Å²) < 4.78 is 10.8. The topological polar surface area (TPSA) is 228 Å². The van der Waals surface area contributed by atoms with E-state index in [1.54, 1.807) is 52.8 Å². The van der Waals surface area contributed by atoms with Crippen LogP contribution in [0.25, 0.3) is 22.5 Å². The van der Waals surface area contributed by atoms with Crippen molar-refractivity contribution < 1.29 is 19.1 Å². The number of benzene rings is 2. The lowest BCUT2D eigenvalue weighted by Crippen LogP contribution is -2.21. The van der Waals surface area contributed by atoms with Gasteiger partial charge in [0.05, 0.1) is 48.7 Å². The number of anilines is 3. The normalized spacial score (nSPS) is 10.2. The maximum absolute atomic E-state index is 12.0. The van der Waals surface area contributed by atoms with Gasteiger partial charge in [-0.2, -0.15) is 30.0 Å². The highest BCUT2D eigenvalue weighted by Crippen LogP contribution is 2.37. The van der Waals surface area contributed by atoms with Crippen molar-refractivity contribution in [2.45, 2.75) is 0 Å². The molecule has 0 fully saturated rings. The predicted octanol–water partition coefficient (Wildman–Crippen LogP) is 4.25. The minimum Gasteiger partial charge on any atom is -0.494 e. The van der Waals surface area contributed by atoms with Gasteiger partial charge in [0.1, 0.15) is 11.4 Å². The molecule has 0 atom stereocenters. The Balaban J connectivity index is 0.000000196. The molecule has 2 amide bonds. The van der Waals surface area contributed by atoms with Crippen molar-refractivity contribution in [1.82, 2.24) is 61.0 Å². The Bertz CT molecular complexity index is 2210. The average molecular weight is 784 g/mol.